The number of fused-ring (bicyclic) bond motifs is 6. The Bertz CT molecular complexity index is 1350. The molecule has 0 aromatic heterocycles. The minimum atomic E-state index is -0.212. The Kier molecular flexibility index (Phi) is 4.63. The Morgan fingerprint density at radius 2 is 1.78 bits per heavy atom. The summed E-state index contributed by atoms with van der Waals surface area (Å²) in [6.07, 6.45) is 4.51. The molecule has 0 saturated heterocycles. The molecule has 0 unspecified atom stereocenters. The van der Waals surface area contributed by atoms with Gasteiger partial charge in [0.2, 0.25) is 12.5 Å². The molecule has 4 heterocycles. The Hall–Kier alpha value is -3.61. The van der Waals surface area contributed by atoms with Gasteiger partial charge in [0.1, 0.15) is 13.2 Å². The van der Waals surface area contributed by atoms with E-state index in [-0.39, 0.29) is 23.9 Å². The van der Waals surface area contributed by atoms with Crippen LogP contribution in [0.3, 0.4) is 0 Å². The van der Waals surface area contributed by atoms with E-state index in [1.807, 2.05) is 12.1 Å². The van der Waals surface area contributed by atoms with Crippen LogP contribution in [0.1, 0.15) is 49.3 Å². The van der Waals surface area contributed by atoms with Gasteiger partial charge in [-0.15, -0.1) is 0 Å². The lowest BCUT2D eigenvalue weighted by molar-refractivity contribution is -0.118. The number of allylic oxidation sites excluding steroid dienone is 3. The maximum Gasteiger partial charge on any atom is 0.231 e. The molecule has 0 spiro atoms. The molecule has 0 amide bonds. The highest BCUT2D eigenvalue weighted by atomic mass is 16.7. The predicted molar refractivity (Wildman–Crippen MR) is 133 cm³/mol. The maximum atomic E-state index is 13.7. The molecule has 1 aliphatic carbocycles. The van der Waals surface area contributed by atoms with Crippen LogP contribution in [0.15, 0.2) is 41.6 Å². The molecule has 0 bridgehead atoms. The van der Waals surface area contributed by atoms with Crippen LogP contribution in [-0.4, -0.2) is 44.3 Å². The molecule has 0 N–H and O–H groups in total. The summed E-state index contributed by atoms with van der Waals surface area (Å²) in [7, 11) is 1.64. The average molecular weight is 488 g/mol. The summed E-state index contributed by atoms with van der Waals surface area (Å²) < 4.78 is 28.8. The van der Waals surface area contributed by atoms with Crippen LogP contribution in [-0.2, 0) is 11.2 Å². The first-order chi connectivity index (χ1) is 17.4. The summed E-state index contributed by atoms with van der Waals surface area (Å²) in [5, 5.41) is 0. The fourth-order valence-corrected chi connectivity index (χ4v) is 6.26. The second-order valence-electron chi connectivity index (χ2n) is 10.8. The SMILES string of the molecule is COc1cc([C@@H]2C=C3c4cc5c(cc4CCN3C3=C2C(=O)CC(C)(C)C3)OCO5)cc2c1OCCO2. The van der Waals surface area contributed by atoms with Crippen LogP contribution in [0, 0.1) is 5.41 Å². The van der Waals surface area contributed by atoms with Crippen LogP contribution in [0.5, 0.6) is 28.7 Å². The van der Waals surface area contributed by atoms with Crippen LogP contribution < -0.4 is 23.7 Å². The van der Waals surface area contributed by atoms with Gasteiger partial charge in [0.05, 0.1) is 7.11 Å². The Morgan fingerprint density at radius 1 is 0.972 bits per heavy atom. The van der Waals surface area contributed by atoms with E-state index in [0.29, 0.717) is 36.9 Å². The van der Waals surface area contributed by atoms with Gasteiger partial charge >= 0.3 is 0 Å². The van der Waals surface area contributed by atoms with E-state index >= 15 is 0 Å². The zero-order valence-electron chi connectivity index (χ0n) is 20.8. The van der Waals surface area contributed by atoms with Crippen LogP contribution >= 0.6 is 0 Å². The number of ether oxygens (including phenoxy) is 5. The molecular weight excluding hydrogens is 458 g/mol. The monoisotopic (exact) mass is 487 g/mol. The lowest BCUT2D eigenvalue weighted by Gasteiger charge is -2.46. The highest BCUT2D eigenvalue weighted by molar-refractivity contribution is 6.01. The van der Waals surface area contributed by atoms with E-state index in [0.717, 1.165) is 59.0 Å². The Labute approximate surface area is 210 Å². The van der Waals surface area contributed by atoms with E-state index in [4.69, 9.17) is 23.7 Å². The molecule has 4 aliphatic heterocycles. The van der Waals surface area contributed by atoms with Crippen molar-refractivity contribution in [3.8, 4) is 28.7 Å². The Balaban J connectivity index is 1.43. The molecule has 0 fully saturated rings. The number of hydrogen-bond donors (Lipinski definition) is 0. The first-order valence-corrected chi connectivity index (χ1v) is 12.6. The lowest BCUT2D eigenvalue weighted by atomic mass is 9.69. The number of hydrogen-bond acceptors (Lipinski definition) is 7. The largest absolute Gasteiger partial charge is 0.493 e. The van der Waals surface area contributed by atoms with Crippen molar-refractivity contribution in [2.45, 2.75) is 39.0 Å². The van der Waals surface area contributed by atoms with Gasteiger partial charge in [-0.05, 0) is 59.7 Å². The third kappa shape index (κ3) is 3.21. The molecular formula is C29H29NO6. The van der Waals surface area contributed by atoms with Crippen molar-refractivity contribution >= 4 is 11.5 Å². The smallest absolute Gasteiger partial charge is 0.231 e. The zero-order valence-corrected chi connectivity index (χ0v) is 20.8. The number of benzene rings is 2. The van der Waals surface area contributed by atoms with Crippen molar-refractivity contribution in [1.29, 1.82) is 0 Å². The fourth-order valence-electron chi connectivity index (χ4n) is 6.26. The molecule has 7 heteroatoms. The molecule has 0 radical (unpaired) electrons. The van der Waals surface area contributed by atoms with E-state index in [2.05, 4.69) is 37.0 Å². The number of rotatable bonds is 2. The van der Waals surface area contributed by atoms with Crippen LogP contribution in [0.2, 0.25) is 0 Å². The summed E-state index contributed by atoms with van der Waals surface area (Å²) in [4.78, 5) is 16.1. The number of carbonyl (C=O) groups is 1. The summed E-state index contributed by atoms with van der Waals surface area (Å²) >= 11 is 0. The topological polar surface area (TPSA) is 66.5 Å². The molecule has 0 saturated carbocycles. The van der Waals surface area contributed by atoms with Crippen molar-refractivity contribution in [2.75, 3.05) is 33.7 Å². The number of ketones is 1. The molecule has 2 aromatic rings. The van der Waals surface area contributed by atoms with Crippen molar-refractivity contribution < 1.29 is 28.5 Å². The van der Waals surface area contributed by atoms with Crippen molar-refractivity contribution in [1.82, 2.24) is 4.90 Å². The average Bonchev–Trinajstić information content (AvgIpc) is 3.32. The predicted octanol–water partition coefficient (Wildman–Crippen LogP) is 4.83. The highest BCUT2D eigenvalue weighted by Crippen LogP contribution is 2.53. The molecule has 186 valence electrons. The molecule has 5 aliphatic rings. The highest BCUT2D eigenvalue weighted by Gasteiger charge is 2.43. The third-order valence-corrected chi connectivity index (χ3v) is 7.84. The molecule has 7 nitrogen and oxygen atoms in total. The fraction of sp³-hybridized carbons (Fsp3) is 0.414. The third-order valence-electron chi connectivity index (χ3n) is 7.84. The van der Waals surface area contributed by atoms with Gasteiger partial charge in [-0.25, -0.2) is 0 Å². The van der Waals surface area contributed by atoms with E-state index in [1.54, 1.807) is 7.11 Å². The van der Waals surface area contributed by atoms with E-state index in [9.17, 15) is 4.79 Å². The first kappa shape index (κ1) is 21.7. The van der Waals surface area contributed by atoms with Crippen molar-refractivity contribution in [2.24, 2.45) is 5.41 Å². The summed E-state index contributed by atoms with van der Waals surface area (Å²) in [6, 6.07) is 8.21. The molecule has 36 heavy (non-hydrogen) atoms. The van der Waals surface area contributed by atoms with Crippen LogP contribution in [0.4, 0.5) is 0 Å². The summed E-state index contributed by atoms with van der Waals surface area (Å²) in [5.74, 6) is 3.49. The van der Waals surface area contributed by atoms with Crippen molar-refractivity contribution in [3.05, 3.63) is 58.3 Å². The van der Waals surface area contributed by atoms with Gasteiger partial charge in [-0.2, -0.15) is 0 Å². The van der Waals surface area contributed by atoms with Gasteiger partial charge in [0.15, 0.2) is 28.8 Å². The number of nitrogens with zero attached hydrogens (tertiary/aromatic N) is 1. The molecule has 7 rings (SSSR count). The second-order valence-corrected chi connectivity index (χ2v) is 10.8. The standard InChI is InChI=1S/C29H29NO6/c1-29(2)13-21-27(22(31)14-29)19(17-9-25(32-3)28-26(10-17)33-6-7-34-28)11-20-18-12-24-23(35-15-36-24)8-16(18)4-5-30(20)21/h8-12,19H,4-7,13-15H2,1-3H3/t19-/m0/s1. The number of carbonyl (C=O) groups excluding carboxylic acids is 1. The second kappa shape index (κ2) is 7.69. The van der Waals surface area contributed by atoms with Gasteiger partial charge in [-0.1, -0.05) is 13.8 Å². The summed E-state index contributed by atoms with van der Waals surface area (Å²) in [5.41, 5.74) is 6.40. The van der Waals surface area contributed by atoms with Gasteiger partial charge in [0, 0.05) is 41.4 Å². The molecule has 1 atom stereocenters. The lowest BCUT2D eigenvalue weighted by Crippen LogP contribution is -2.40. The van der Waals surface area contributed by atoms with Crippen LogP contribution in [0.25, 0.3) is 5.70 Å². The summed E-state index contributed by atoms with van der Waals surface area (Å²) in [6.45, 7) is 6.42. The zero-order chi connectivity index (χ0) is 24.6. The number of methoxy groups -OCH3 is 1. The maximum absolute atomic E-state index is 13.7. The minimum absolute atomic E-state index is 0.0947. The minimum Gasteiger partial charge on any atom is -0.493 e. The van der Waals surface area contributed by atoms with Gasteiger partial charge in [-0.3, -0.25) is 4.79 Å². The number of Topliss-reactive ketones (excluding diaryl/α,β-unsaturated/α-hetero) is 1. The quantitative estimate of drug-likeness (QED) is 0.601. The Morgan fingerprint density at radius 3 is 2.61 bits per heavy atom. The van der Waals surface area contributed by atoms with E-state index in [1.165, 1.54) is 5.56 Å². The first-order valence-electron chi connectivity index (χ1n) is 12.6. The van der Waals surface area contributed by atoms with Gasteiger partial charge in [0.25, 0.3) is 0 Å². The van der Waals surface area contributed by atoms with Gasteiger partial charge < -0.3 is 28.6 Å². The molecule has 2 aromatic carbocycles. The van der Waals surface area contributed by atoms with E-state index < -0.39 is 0 Å². The van der Waals surface area contributed by atoms with Crippen molar-refractivity contribution in [3.63, 3.8) is 0 Å². The normalized spacial score (nSPS) is 23.0.